The number of nitrogens with zero attached hydrogens (tertiary/aromatic N) is 5. The lowest BCUT2D eigenvalue weighted by atomic mass is 9.98. The molecule has 11 nitrogen and oxygen atoms in total. The number of imide groups is 1. The van der Waals surface area contributed by atoms with E-state index in [1.54, 1.807) is 0 Å². The lowest BCUT2D eigenvalue weighted by Crippen LogP contribution is -2.50. The third-order valence-corrected chi connectivity index (χ3v) is 7.59. The minimum atomic E-state index is -1.17. The highest BCUT2D eigenvalue weighted by atomic mass is 16.4. The van der Waals surface area contributed by atoms with E-state index in [0.717, 1.165) is 34.6 Å². The number of aryl methyl sites for hydroxylation is 1. The molecule has 1 atom stereocenters. The molecule has 4 heterocycles. The molecule has 0 saturated carbocycles. The number of anilines is 1. The van der Waals surface area contributed by atoms with Crippen molar-refractivity contribution in [3.8, 4) is 0 Å². The zero-order chi connectivity index (χ0) is 27.0. The third-order valence-electron chi connectivity index (χ3n) is 7.59. The monoisotopic (exact) mass is 518 g/mol. The molecule has 1 aromatic carbocycles. The SMILES string of the molecule is CCN(CC)c1ccc2c(C)c(CCN3C(=O)NC4(CCN(C(=O)c5cncnc5)C4)C3=O)c(=O)oc2c1. The van der Waals surface area contributed by atoms with Crippen LogP contribution in [0.3, 0.4) is 0 Å². The summed E-state index contributed by atoms with van der Waals surface area (Å²) in [6.45, 7) is 8.07. The van der Waals surface area contributed by atoms with Crippen LogP contribution in [0, 0.1) is 6.92 Å². The number of carbonyl (C=O) groups excluding carboxylic acids is 3. The van der Waals surface area contributed by atoms with Crippen molar-refractivity contribution in [1.29, 1.82) is 0 Å². The number of hydrogen-bond donors (Lipinski definition) is 1. The first-order chi connectivity index (χ1) is 18.3. The first kappa shape index (κ1) is 25.4. The van der Waals surface area contributed by atoms with E-state index in [4.69, 9.17) is 4.42 Å². The quantitative estimate of drug-likeness (QED) is 0.372. The van der Waals surface area contributed by atoms with Gasteiger partial charge in [-0.2, -0.15) is 0 Å². The zero-order valence-corrected chi connectivity index (χ0v) is 21.7. The second kappa shape index (κ2) is 9.88. The Hall–Kier alpha value is -4.28. The zero-order valence-electron chi connectivity index (χ0n) is 21.7. The van der Waals surface area contributed by atoms with Gasteiger partial charge in [0.2, 0.25) is 0 Å². The molecule has 0 radical (unpaired) electrons. The summed E-state index contributed by atoms with van der Waals surface area (Å²) in [6.07, 6.45) is 4.65. The molecular formula is C27H30N6O5. The molecule has 3 aromatic rings. The number of urea groups is 1. The van der Waals surface area contributed by atoms with Gasteiger partial charge in [0.05, 0.1) is 12.1 Å². The molecule has 0 bridgehead atoms. The molecule has 2 saturated heterocycles. The number of carbonyl (C=O) groups is 3. The maximum atomic E-state index is 13.4. The molecule has 4 amide bonds. The molecule has 2 aliphatic rings. The van der Waals surface area contributed by atoms with Gasteiger partial charge in [-0.1, -0.05) is 0 Å². The molecule has 198 valence electrons. The first-order valence-electron chi connectivity index (χ1n) is 12.8. The molecule has 2 aliphatic heterocycles. The highest BCUT2D eigenvalue weighted by molar-refractivity contribution is 6.08. The standard InChI is InChI=1S/C27H30N6O5/c1-4-31(5-2)19-6-7-20-17(3)21(24(35)38-22(20)12-19)8-10-33-25(36)27(30-26(33)37)9-11-32(15-27)23(34)18-13-28-16-29-14-18/h6-7,12-14,16H,4-5,8-11,15H2,1-3H3,(H,30,37). The van der Waals surface area contributed by atoms with E-state index in [9.17, 15) is 19.2 Å². The van der Waals surface area contributed by atoms with Crippen molar-refractivity contribution >= 4 is 34.5 Å². The number of amides is 4. The van der Waals surface area contributed by atoms with Crippen LogP contribution in [0.2, 0.25) is 0 Å². The fraction of sp³-hybridized carbons (Fsp3) is 0.407. The summed E-state index contributed by atoms with van der Waals surface area (Å²) in [5, 5.41) is 3.61. The summed E-state index contributed by atoms with van der Waals surface area (Å²) >= 11 is 0. The number of benzene rings is 1. The van der Waals surface area contributed by atoms with Crippen molar-refractivity contribution in [2.75, 3.05) is 37.6 Å². The summed E-state index contributed by atoms with van der Waals surface area (Å²) in [7, 11) is 0. The van der Waals surface area contributed by atoms with Crippen molar-refractivity contribution in [2.45, 2.75) is 39.2 Å². The van der Waals surface area contributed by atoms with Crippen LogP contribution >= 0.6 is 0 Å². The number of rotatable bonds is 7. The fourth-order valence-corrected chi connectivity index (χ4v) is 5.41. The summed E-state index contributed by atoms with van der Waals surface area (Å²) in [5.41, 5.74) is 1.36. The molecule has 0 aliphatic carbocycles. The minimum Gasteiger partial charge on any atom is -0.422 e. The smallest absolute Gasteiger partial charge is 0.339 e. The van der Waals surface area contributed by atoms with E-state index in [1.165, 1.54) is 23.6 Å². The summed E-state index contributed by atoms with van der Waals surface area (Å²) < 4.78 is 5.66. The average Bonchev–Trinajstić information content (AvgIpc) is 3.45. The van der Waals surface area contributed by atoms with Crippen molar-refractivity contribution in [1.82, 2.24) is 25.1 Å². The number of nitrogens with one attached hydrogen (secondary N) is 1. The Labute approximate surface area is 219 Å². The van der Waals surface area contributed by atoms with Crippen LogP contribution in [0.15, 0.2) is 46.1 Å². The van der Waals surface area contributed by atoms with E-state index in [1.807, 2.05) is 25.1 Å². The van der Waals surface area contributed by atoms with Crippen LogP contribution in [0.4, 0.5) is 10.5 Å². The molecule has 1 unspecified atom stereocenters. The Morgan fingerprint density at radius 3 is 2.61 bits per heavy atom. The van der Waals surface area contributed by atoms with Gasteiger partial charge in [-0.25, -0.2) is 19.6 Å². The molecule has 2 aromatic heterocycles. The van der Waals surface area contributed by atoms with E-state index in [0.29, 0.717) is 29.7 Å². The molecule has 1 N–H and O–H groups in total. The van der Waals surface area contributed by atoms with Crippen molar-refractivity contribution in [2.24, 2.45) is 0 Å². The Balaban J connectivity index is 1.32. The van der Waals surface area contributed by atoms with Gasteiger partial charge >= 0.3 is 11.7 Å². The van der Waals surface area contributed by atoms with Gasteiger partial charge in [-0.3, -0.25) is 14.5 Å². The Morgan fingerprint density at radius 1 is 1.16 bits per heavy atom. The van der Waals surface area contributed by atoms with Crippen LogP contribution < -0.4 is 15.8 Å². The summed E-state index contributed by atoms with van der Waals surface area (Å²) in [5.74, 6) is -0.690. The second-order valence-electron chi connectivity index (χ2n) is 9.67. The molecule has 11 heteroatoms. The Kier molecular flexibility index (Phi) is 6.60. The Morgan fingerprint density at radius 2 is 1.89 bits per heavy atom. The fourth-order valence-electron chi connectivity index (χ4n) is 5.41. The number of likely N-dealkylation sites (tertiary alicyclic amines) is 1. The van der Waals surface area contributed by atoms with Gasteiger partial charge in [0.25, 0.3) is 11.8 Å². The maximum absolute atomic E-state index is 13.4. The lowest BCUT2D eigenvalue weighted by Gasteiger charge is -2.22. The van der Waals surface area contributed by atoms with Crippen LogP contribution in [-0.4, -0.2) is 75.9 Å². The predicted octanol–water partition coefficient (Wildman–Crippen LogP) is 2.12. The average molecular weight is 519 g/mol. The highest BCUT2D eigenvalue weighted by Crippen LogP contribution is 2.30. The van der Waals surface area contributed by atoms with E-state index in [2.05, 4.69) is 34.0 Å². The lowest BCUT2D eigenvalue weighted by molar-refractivity contribution is -0.130. The van der Waals surface area contributed by atoms with Gasteiger partial charge in [-0.05, 0) is 51.3 Å². The molecular weight excluding hydrogens is 488 g/mol. The van der Waals surface area contributed by atoms with Crippen molar-refractivity contribution in [3.05, 3.63) is 64.0 Å². The van der Waals surface area contributed by atoms with E-state index >= 15 is 0 Å². The minimum absolute atomic E-state index is 0.0293. The van der Waals surface area contributed by atoms with Gasteiger partial charge in [0.15, 0.2) is 0 Å². The summed E-state index contributed by atoms with van der Waals surface area (Å²) in [4.78, 5) is 64.5. The Bertz CT molecular complexity index is 1470. The van der Waals surface area contributed by atoms with Crippen LogP contribution in [-0.2, 0) is 11.2 Å². The van der Waals surface area contributed by atoms with Crippen LogP contribution in [0.25, 0.3) is 11.0 Å². The van der Waals surface area contributed by atoms with Crippen LogP contribution in [0.5, 0.6) is 0 Å². The molecule has 5 rings (SSSR count). The van der Waals surface area contributed by atoms with Crippen molar-refractivity contribution < 1.29 is 18.8 Å². The normalized spacial score (nSPS) is 19.0. The van der Waals surface area contributed by atoms with Gasteiger partial charge in [0.1, 0.15) is 17.4 Å². The second-order valence-corrected chi connectivity index (χ2v) is 9.67. The number of aromatic nitrogens is 2. The van der Waals surface area contributed by atoms with E-state index in [-0.39, 0.29) is 25.4 Å². The maximum Gasteiger partial charge on any atom is 0.339 e. The first-order valence-corrected chi connectivity index (χ1v) is 12.8. The number of fused-ring (bicyclic) bond motifs is 1. The van der Waals surface area contributed by atoms with Crippen LogP contribution in [0.1, 0.15) is 41.8 Å². The topological polar surface area (TPSA) is 129 Å². The largest absolute Gasteiger partial charge is 0.422 e. The summed E-state index contributed by atoms with van der Waals surface area (Å²) in [6, 6.07) is 5.28. The highest BCUT2D eigenvalue weighted by Gasteiger charge is 2.55. The molecule has 2 fully saturated rings. The van der Waals surface area contributed by atoms with E-state index < -0.39 is 23.1 Å². The van der Waals surface area contributed by atoms with Crippen molar-refractivity contribution in [3.63, 3.8) is 0 Å². The van der Waals surface area contributed by atoms with Gasteiger partial charge in [0, 0.05) is 61.3 Å². The van der Waals surface area contributed by atoms with Gasteiger partial charge < -0.3 is 19.5 Å². The third kappa shape index (κ3) is 4.27. The van der Waals surface area contributed by atoms with Gasteiger partial charge in [-0.15, -0.1) is 0 Å². The molecule has 38 heavy (non-hydrogen) atoms. The molecule has 1 spiro atoms. The predicted molar refractivity (Wildman–Crippen MR) is 140 cm³/mol. The number of hydrogen-bond acceptors (Lipinski definition) is 8.